The first kappa shape index (κ1) is 8.63. The van der Waals surface area contributed by atoms with Gasteiger partial charge in [-0.15, -0.1) is 0 Å². The zero-order valence-corrected chi connectivity index (χ0v) is 7.67. The summed E-state index contributed by atoms with van der Waals surface area (Å²) in [5.41, 5.74) is 0.892. The molecule has 1 aromatic heterocycles. The summed E-state index contributed by atoms with van der Waals surface area (Å²) in [7, 11) is 0. The maximum atomic E-state index is 4.10. The van der Waals surface area contributed by atoms with E-state index in [1.807, 2.05) is 54.6 Å². The molecule has 0 saturated heterocycles. The van der Waals surface area contributed by atoms with E-state index in [-0.39, 0.29) is 0 Å². The highest BCUT2D eigenvalue weighted by Gasteiger charge is 1.85. The number of nitrogens with zero attached hydrogens (tertiary/aromatic N) is 2. The van der Waals surface area contributed by atoms with E-state index in [2.05, 4.69) is 10.2 Å². The van der Waals surface area contributed by atoms with Crippen LogP contribution >= 0.6 is 0 Å². The molecule has 68 valence electrons. The van der Waals surface area contributed by atoms with Crippen molar-refractivity contribution in [2.75, 3.05) is 0 Å². The lowest BCUT2D eigenvalue weighted by molar-refractivity contribution is 1.08. The molecule has 0 bridgehead atoms. The molecule has 1 heterocycles. The minimum absolute atomic E-state index is 0.892. The molecule has 0 fully saturated rings. The molecule has 0 spiro atoms. The Labute approximate surface area is 82.6 Å². The molecular weight excluding hydrogens is 172 g/mol. The Balaban J connectivity index is 2.76. The average Bonchev–Trinajstić information content (AvgIpc) is 2.25. The van der Waals surface area contributed by atoms with E-state index in [0.29, 0.717) is 0 Å². The van der Waals surface area contributed by atoms with Gasteiger partial charge >= 0.3 is 0 Å². The smallest absolute Gasteiger partial charge is 0.0929 e. The van der Waals surface area contributed by atoms with Gasteiger partial charge in [0.15, 0.2) is 0 Å². The fraction of sp³-hybridized carbons (Fsp3) is 0. The van der Waals surface area contributed by atoms with Crippen molar-refractivity contribution in [2.45, 2.75) is 0 Å². The SMILES string of the molecule is c1cccc2ccccc2nncc1. The Bertz CT molecular complexity index is 433. The van der Waals surface area contributed by atoms with Crippen LogP contribution < -0.4 is 0 Å². The van der Waals surface area contributed by atoms with Gasteiger partial charge in [0.1, 0.15) is 0 Å². The molecule has 14 heavy (non-hydrogen) atoms. The van der Waals surface area contributed by atoms with Gasteiger partial charge in [-0.3, -0.25) is 0 Å². The highest BCUT2D eigenvalue weighted by molar-refractivity contribution is 5.76. The molecule has 1 aromatic carbocycles. The van der Waals surface area contributed by atoms with E-state index in [9.17, 15) is 0 Å². The number of hydrogen-bond donors (Lipinski definition) is 0. The maximum Gasteiger partial charge on any atom is 0.0929 e. The Morgan fingerprint density at radius 1 is 0.714 bits per heavy atom. The molecule has 0 aliphatic carbocycles. The van der Waals surface area contributed by atoms with Crippen molar-refractivity contribution in [3.63, 3.8) is 0 Å². The van der Waals surface area contributed by atoms with E-state index in [0.717, 1.165) is 10.9 Å². The molecule has 2 heteroatoms. The van der Waals surface area contributed by atoms with Crippen molar-refractivity contribution < 1.29 is 0 Å². The second kappa shape index (κ2) is 4.33. The molecule has 0 saturated carbocycles. The number of benzene rings is 1. The maximum absolute atomic E-state index is 4.10. The summed E-state index contributed by atoms with van der Waals surface area (Å²) in [4.78, 5) is 0. The zero-order chi connectivity index (χ0) is 9.64. The van der Waals surface area contributed by atoms with E-state index in [1.54, 1.807) is 6.20 Å². The average molecular weight is 182 g/mol. The van der Waals surface area contributed by atoms with Crippen LogP contribution in [0.15, 0.2) is 60.8 Å². The van der Waals surface area contributed by atoms with Gasteiger partial charge in [-0.2, -0.15) is 10.2 Å². The molecule has 0 atom stereocenters. The van der Waals surface area contributed by atoms with Crippen LogP contribution in [0.5, 0.6) is 0 Å². The predicted octanol–water partition coefficient (Wildman–Crippen LogP) is 2.75. The van der Waals surface area contributed by atoms with Crippen molar-refractivity contribution in [3.05, 3.63) is 60.8 Å². The van der Waals surface area contributed by atoms with E-state index in [1.165, 1.54) is 0 Å². The van der Waals surface area contributed by atoms with Crippen molar-refractivity contribution in [1.29, 1.82) is 0 Å². The first-order valence-corrected chi connectivity index (χ1v) is 4.46. The van der Waals surface area contributed by atoms with Crippen LogP contribution in [0.4, 0.5) is 0 Å². The second-order valence-electron chi connectivity index (χ2n) is 2.86. The molecular formula is C12H10N2. The lowest BCUT2D eigenvalue weighted by atomic mass is 10.2. The number of fused-ring (bicyclic) bond motifs is 1. The Morgan fingerprint density at radius 2 is 1.43 bits per heavy atom. The quantitative estimate of drug-likeness (QED) is 0.626. The van der Waals surface area contributed by atoms with Crippen LogP contribution in [-0.4, -0.2) is 10.2 Å². The second-order valence-corrected chi connectivity index (χ2v) is 2.86. The van der Waals surface area contributed by atoms with E-state index in [4.69, 9.17) is 0 Å². The van der Waals surface area contributed by atoms with Crippen molar-refractivity contribution in [3.8, 4) is 0 Å². The fourth-order valence-corrected chi connectivity index (χ4v) is 1.19. The molecule has 2 rings (SSSR count). The third kappa shape index (κ3) is 2.04. The Kier molecular flexibility index (Phi) is 2.67. The molecule has 2 aromatic rings. The van der Waals surface area contributed by atoms with E-state index >= 15 is 0 Å². The van der Waals surface area contributed by atoms with Gasteiger partial charge in [-0.25, -0.2) is 0 Å². The van der Waals surface area contributed by atoms with Gasteiger partial charge in [0, 0.05) is 11.6 Å². The highest BCUT2D eigenvalue weighted by atomic mass is 15.1. The summed E-state index contributed by atoms with van der Waals surface area (Å²) in [5, 5.41) is 9.11. The lowest BCUT2D eigenvalue weighted by Crippen LogP contribution is -1.75. The lowest BCUT2D eigenvalue weighted by Gasteiger charge is -1.88. The minimum atomic E-state index is 0.892. The van der Waals surface area contributed by atoms with Gasteiger partial charge in [0.05, 0.1) is 5.52 Å². The molecule has 0 radical (unpaired) electrons. The minimum Gasteiger partial charge on any atom is -0.159 e. The van der Waals surface area contributed by atoms with Gasteiger partial charge < -0.3 is 0 Å². The number of aromatic nitrogens is 2. The largest absolute Gasteiger partial charge is 0.159 e. The summed E-state index contributed by atoms with van der Waals surface area (Å²) in [6.45, 7) is 0. The third-order valence-electron chi connectivity index (χ3n) is 1.86. The molecule has 0 unspecified atom stereocenters. The van der Waals surface area contributed by atoms with Gasteiger partial charge in [0.25, 0.3) is 0 Å². The molecule has 0 N–H and O–H groups in total. The Hall–Kier alpha value is -1.96. The van der Waals surface area contributed by atoms with Crippen molar-refractivity contribution in [2.24, 2.45) is 0 Å². The molecule has 0 aliphatic heterocycles. The molecule has 2 nitrogen and oxygen atoms in total. The predicted molar refractivity (Wildman–Crippen MR) is 57.2 cm³/mol. The highest BCUT2D eigenvalue weighted by Crippen LogP contribution is 2.05. The van der Waals surface area contributed by atoms with E-state index < -0.39 is 0 Å². The number of hydrogen-bond acceptors (Lipinski definition) is 2. The summed E-state index contributed by atoms with van der Waals surface area (Å²) in [5.74, 6) is 0. The monoisotopic (exact) mass is 182 g/mol. The zero-order valence-electron chi connectivity index (χ0n) is 7.67. The van der Waals surface area contributed by atoms with Crippen LogP contribution in [0.2, 0.25) is 0 Å². The number of rotatable bonds is 0. The van der Waals surface area contributed by atoms with Crippen molar-refractivity contribution >= 4 is 10.9 Å². The first-order chi connectivity index (χ1) is 6.97. The topological polar surface area (TPSA) is 25.8 Å². The molecule has 0 aliphatic rings. The fourth-order valence-electron chi connectivity index (χ4n) is 1.19. The third-order valence-corrected chi connectivity index (χ3v) is 1.86. The van der Waals surface area contributed by atoms with Crippen LogP contribution in [0.25, 0.3) is 10.9 Å². The Morgan fingerprint density at radius 3 is 2.36 bits per heavy atom. The van der Waals surface area contributed by atoms with Crippen LogP contribution in [0.3, 0.4) is 0 Å². The first-order valence-electron chi connectivity index (χ1n) is 4.46. The van der Waals surface area contributed by atoms with Gasteiger partial charge in [-0.1, -0.05) is 42.5 Å². The normalized spacial score (nSPS) is 9.43. The standard InChI is InChI=1S/C12H10N2/c1-2-6-10-13-14-12-9-5-4-8-11(12)7-3-1/h1-10H. The van der Waals surface area contributed by atoms with Crippen LogP contribution in [-0.2, 0) is 0 Å². The summed E-state index contributed by atoms with van der Waals surface area (Å²) < 4.78 is 0. The van der Waals surface area contributed by atoms with Crippen LogP contribution in [0, 0.1) is 0 Å². The summed E-state index contributed by atoms with van der Waals surface area (Å²) in [6, 6.07) is 17.7. The summed E-state index contributed by atoms with van der Waals surface area (Å²) in [6.07, 6.45) is 1.67. The van der Waals surface area contributed by atoms with Crippen molar-refractivity contribution in [1.82, 2.24) is 10.2 Å². The summed E-state index contributed by atoms with van der Waals surface area (Å²) >= 11 is 0. The van der Waals surface area contributed by atoms with Gasteiger partial charge in [0.2, 0.25) is 0 Å². The van der Waals surface area contributed by atoms with Gasteiger partial charge in [-0.05, 0) is 12.1 Å². The van der Waals surface area contributed by atoms with Crippen LogP contribution in [0.1, 0.15) is 0 Å². The molecule has 0 amide bonds.